The van der Waals surface area contributed by atoms with Crippen molar-refractivity contribution in [3.63, 3.8) is 0 Å². The summed E-state index contributed by atoms with van der Waals surface area (Å²) >= 11 is 7.36. The van der Waals surface area contributed by atoms with Crippen molar-refractivity contribution in [2.75, 3.05) is 6.54 Å². The van der Waals surface area contributed by atoms with E-state index in [-0.39, 0.29) is 31.0 Å². The summed E-state index contributed by atoms with van der Waals surface area (Å²) in [5, 5.41) is 2.95. The van der Waals surface area contributed by atoms with E-state index in [1.54, 1.807) is 12.1 Å². The molecule has 0 saturated carbocycles. The van der Waals surface area contributed by atoms with Crippen molar-refractivity contribution in [2.24, 2.45) is 5.73 Å². The van der Waals surface area contributed by atoms with Gasteiger partial charge in [0.2, 0.25) is 11.8 Å². The van der Waals surface area contributed by atoms with Gasteiger partial charge in [0.1, 0.15) is 11.4 Å². The third-order valence-corrected chi connectivity index (χ3v) is 6.36. The molecule has 168 valence electrons. The normalized spacial score (nSPS) is 10.9. The summed E-state index contributed by atoms with van der Waals surface area (Å²) < 4.78 is 1.30. The van der Waals surface area contributed by atoms with Crippen molar-refractivity contribution in [3.05, 3.63) is 87.2 Å². The summed E-state index contributed by atoms with van der Waals surface area (Å²) in [6.45, 7) is 0.289. The molecule has 4 rings (SSSR count). The lowest BCUT2D eigenvalue weighted by Crippen LogP contribution is -2.38. The fourth-order valence-electron chi connectivity index (χ4n) is 3.51. The smallest absolute Gasteiger partial charge is 0.263 e. The number of amides is 2. The molecule has 0 spiro atoms. The Bertz CT molecular complexity index is 1350. The minimum absolute atomic E-state index is 0.0377. The van der Waals surface area contributed by atoms with Crippen molar-refractivity contribution in [3.8, 4) is 11.1 Å². The molecule has 7 nitrogen and oxygen atoms in total. The van der Waals surface area contributed by atoms with E-state index in [1.165, 1.54) is 27.1 Å². The quantitative estimate of drug-likeness (QED) is 0.416. The SMILES string of the molecule is NC(=O)CCN(Cc1ccccc1)C(=O)Cn1cnc2scc(-c3ccc(Cl)cc3)c2c1=O. The fourth-order valence-corrected chi connectivity index (χ4v) is 4.54. The molecule has 33 heavy (non-hydrogen) atoms. The fraction of sp³-hybridized carbons (Fsp3) is 0.167. The third kappa shape index (κ3) is 5.30. The van der Waals surface area contributed by atoms with E-state index in [1.807, 2.05) is 47.8 Å². The summed E-state index contributed by atoms with van der Waals surface area (Å²) in [6.07, 6.45) is 1.43. The standard InChI is InChI=1S/C24H21ClN4O3S/c25-18-8-6-17(7-9-18)19-14-33-23-22(19)24(32)29(15-27-23)13-21(31)28(11-10-20(26)30)12-16-4-2-1-3-5-16/h1-9,14-15H,10-13H2,(H2,26,30). The molecule has 0 saturated heterocycles. The van der Waals surface area contributed by atoms with Crippen LogP contribution in [0.1, 0.15) is 12.0 Å². The molecule has 0 aliphatic rings. The molecule has 0 atom stereocenters. The van der Waals surface area contributed by atoms with Crippen molar-refractivity contribution in [1.82, 2.24) is 14.5 Å². The summed E-state index contributed by atoms with van der Waals surface area (Å²) in [7, 11) is 0. The maximum Gasteiger partial charge on any atom is 0.263 e. The molecule has 2 N–H and O–H groups in total. The third-order valence-electron chi connectivity index (χ3n) is 5.22. The second-order valence-corrected chi connectivity index (χ2v) is 8.83. The summed E-state index contributed by atoms with van der Waals surface area (Å²) in [6, 6.07) is 16.7. The minimum Gasteiger partial charge on any atom is -0.370 e. The predicted molar refractivity (Wildman–Crippen MR) is 130 cm³/mol. The molecule has 0 fully saturated rings. The number of rotatable bonds is 8. The molecular weight excluding hydrogens is 460 g/mol. The van der Waals surface area contributed by atoms with Crippen LogP contribution in [0.5, 0.6) is 0 Å². The number of halogens is 1. The van der Waals surface area contributed by atoms with Crippen LogP contribution in [0.15, 0.2) is 71.1 Å². The number of carbonyl (C=O) groups excluding carboxylic acids is 2. The van der Waals surface area contributed by atoms with Crippen molar-refractivity contribution in [2.45, 2.75) is 19.5 Å². The van der Waals surface area contributed by atoms with Gasteiger partial charge in [0, 0.05) is 35.5 Å². The van der Waals surface area contributed by atoms with Gasteiger partial charge in [0.25, 0.3) is 5.56 Å². The first-order chi connectivity index (χ1) is 15.9. The first-order valence-corrected chi connectivity index (χ1v) is 11.5. The Kier molecular flexibility index (Phi) is 6.86. The Balaban J connectivity index is 1.63. The molecule has 0 radical (unpaired) electrons. The molecule has 2 aromatic heterocycles. The number of benzene rings is 2. The van der Waals surface area contributed by atoms with Crippen molar-refractivity contribution in [1.29, 1.82) is 0 Å². The molecule has 2 aromatic carbocycles. The van der Waals surface area contributed by atoms with Crippen LogP contribution in [0.2, 0.25) is 5.02 Å². The lowest BCUT2D eigenvalue weighted by molar-refractivity contribution is -0.133. The zero-order valence-corrected chi connectivity index (χ0v) is 19.2. The van der Waals surface area contributed by atoms with E-state index in [9.17, 15) is 14.4 Å². The Morgan fingerprint density at radius 3 is 2.52 bits per heavy atom. The van der Waals surface area contributed by atoms with E-state index in [0.29, 0.717) is 21.8 Å². The van der Waals surface area contributed by atoms with Crippen LogP contribution in [-0.4, -0.2) is 32.8 Å². The maximum absolute atomic E-state index is 13.3. The zero-order valence-electron chi connectivity index (χ0n) is 17.6. The minimum atomic E-state index is -0.494. The monoisotopic (exact) mass is 480 g/mol. The maximum atomic E-state index is 13.3. The van der Waals surface area contributed by atoms with Gasteiger partial charge in [-0.05, 0) is 23.3 Å². The van der Waals surface area contributed by atoms with E-state index < -0.39 is 5.91 Å². The van der Waals surface area contributed by atoms with Crippen LogP contribution in [0.3, 0.4) is 0 Å². The first kappa shape index (κ1) is 22.7. The van der Waals surface area contributed by atoms with Crippen LogP contribution in [-0.2, 0) is 22.7 Å². The van der Waals surface area contributed by atoms with Gasteiger partial charge in [0.05, 0.1) is 11.7 Å². The van der Waals surface area contributed by atoms with Gasteiger partial charge >= 0.3 is 0 Å². The second-order valence-electron chi connectivity index (χ2n) is 7.53. The number of nitrogens with zero attached hydrogens (tertiary/aromatic N) is 3. The van der Waals surface area contributed by atoms with Crippen LogP contribution in [0.4, 0.5) is 0 Å². The highest BCUT2D eigenvalue weighted by Gasteiger charge is 2.19. The molecule has 0 aliphatic carbocycles. The van der Waals surface area contributed by atoms with Gasteiger partial charge in [-0.1, -0.05) is 54.1 Å². The molecule has 0 aliphatic heterocycles. The number of hydrogen-bond acceptors (Lipinski definition) is 5. The highest BCUT2D eigenvalue weighted by Crippen LogP contribution is 2.31. The van der Waals surface area contributed by atoms with Crippen LogP contribution < -0.4 is 11.3 Å². The van der Waals surface area contributed by atoms with Crippen LogP contribution >= 0.6 is 22.9 Å². The first-order valence-electron chi connectivity index (χ1n) is 10.2. The van der Waals surface area contributed by atoms with Gasteiger partial charge in [0.15, 0.2) is 0 Å². The molecule has 9 heteroatoms. The lowest BCUT2D eigenvalue weighted by Gasteiger charge is -2.23. The van der Waals surface area contributed by atoms with E-state index in [2.05, 4.69) is 4.98 Å². The Labute approximate surface area is 199 Å². The second kappa shape index (κ2) is 9.97. The van der Waals surface area contributed by atoms with Gasteiger partial charge < -0.3 is 10.6 Å². The topological polar surface area (TPSA) is 98.3 Å². The lowest BCUT2D eigenvalue weighted by atomic mass is 10.1. The van der Waals surface area contributed by atoms with Gasteiger partial charge in [-0.2, -0.15) is 0 Å². The Morgan fingerprint density at radius 1 is 1.09 bits per heavy atom. The molecule has 2 heterocycles. The van der Waals surface area contributed by atoms with Crippen LogP contribution in [0, 0.1) is 0 Å². The van der Waals surface area contributed by atoms with Gasteiger partial charge in [-0.25, -0.2) is 4.98 Å². The average Bonchev–Trinajstić information content (AvgIpc) is 3.24. The molecule has 2 amide bonds. The molecule has 4 aromatic rings. The predicted octanol–water partition coefficient (Wildman–Crippen LogP) is 3.68. The number of fused-ring (bicyclic) bond motifs is 1. The van der Waals surface area contributed by atoms with Crippen LogP contribution in [0.25, 0.3) is 21.3 Å². The van der Waals surface area contributed by atoms with E-state index >= 15 is 0 Å². The zero-order chi connectivity index (χ0) is 23.4. The number of carbonyl (C=O) groups is 2. The summed E-state index contributed by atoms with van der Waals surface area (Å²) in [5.41, 5.74) is 7.51. The van der Waals surface area contributed by atoms with Gasteiger partial charge in [-0.15, -0.1) is 11.3 Å². The van der Waals surface area contributed by atoms with Crippen molar-refractivity contribution >= 4 is 45.0 Å². The molecule has 0 unspecified atom stereocenters. The van der Waals surface area contributed by atoms with E-state index in [4.69, 9.17) is 17.3 Å². The largest absolute Gasteiger partial charge is 0.370 e. The molecular formula is C24H21ClN4O3S. The van der Waals surface area contributed by atoms with E-state index in [0.717, 1.165) is 16.7 Å². The molecule has 0 bridgehead atoms. The summed E-state index contributed by atoms with van der Waals surface area (Å²) in [5.74, 6) is -0.793. The Hall–Kier alpha value is -3.49. The average molecular weight is 481 g/mol. The Morgan fingerprint density at radius 2 is 1.82 bits per heavy atom. The highest BCUT2D eigenvalue weighted by molar-refractivity contribution is 7.17. The number of aromatic nitrogens is 2. The van der Waals surface area contributed by atoms with Gasteiger partial charge in [-0.3, -0.25) is 19.0 Å². The number of hydrogen-bond donors (Lipinski definition) is 1. The number of thiophene rings is 1. The van der Waals surface area contributed by atoms with Crippen molar-refractivity contribution < 1.29 is 9.59 Å². The number of nitrogens with two attached hydrogens (primary N) is 1. The summed E-state index contributed by atoms with van der Waals surface area (Å²) in [4.78, 5) is 44.2. The highest BCUT2D eigenvalue weighted by atomic mass is 35.5. The number of primary amides is 1.